The van der Waals surface area contributed by atoms with Gasteiger partial charge in [-0.2, -0.15) is 0 Å². The van der Waals surface area contributed by atoms with Crippen LogP contribution in [-0.2, 0) is 30.3 Å². The zero-order valence-electron chi connectivity index (χ0n) is 15.6. The number of carboxylic acids is 1. The van der Waals surface area contributed by atoms with Gasteiger partial charge in [-0.05, 0) is 18.4 Å². The van der Waals surface area contributed by atoms with E-state index in [0.29, 0.717) is 5.57 Å². The van der Waals surface area contributed by atoms with E-state index in [1.54, 1.807) is 6.92 Å². The molecule has 2 amide bonds. The summed E-state index contributed by atoms with van der Waals surface area (Å²) in [7, 11) is 0. The molecule has 8 nitrogen and oxygen atoms in total. The van der Waals surface area contributed by atoms with E-state index < -0.39 is 29.3 Å². The van der Waals surface area contributed by atoms with E-state index in [2.05, 4.69) is 5.32 Å². The molecule has 3 rings (SSSR count). The van der Waals surface area contributed by atoms with Gasteiger partial charge in [-0.15, -0.1) is 23.1 Å². The molecule has 28 heavy (non-hydrogen) atoms. The maximum absolute atomic E-state index is 12.5. The molecule has 144 valence electrons. The molecular weight excluding hydrogens is 415 g/mol. The predicted molar refractivity (Wildman–Crippen MR) is 96.3 cm³/mol. The Bertz CT molecular complexity index is 826. The van der Waals surface area contributed by atoms with Gasteiger partial charge in [-0.25, -0.2) is 0 Å². The molecule has 2 aliphatic heterocycles. The molecule has 0 saturated carbocycles. The fraction of sp³-hybridized carbons (Fsp3) is 0.412. The van der Waals surface area contributed by atoms with Crippen LogP contribution in [0.15, 0.2) is 28.8 Å². The Hall–Kier alpha value is -1.33. The molecule has 1 fully saturated rings. The van der Waals surface area contributed by atoms with Gasteiger partial charge in [0.1, 0.15) is 18.0 Å². The third-order valence-corrected chi connectivity index (χ3v) is 6.61. The number of hydrogen-bond donors (Lipinski definition) is 1. The second kappa shape index (κ2) is 9.45. The van der Waals surface area contributed by atoms with Gasteiger partial charge in [-0.3, -0.25) is 19.3 Å². The quantitative estimate of drug-likeness (QED) is 0.284. The van der Waals surface area contributed by atoms with Gasteiger partial charge >= 0.3 is 35.5 Å². The Labute approximate surface area is 192 Å². The fourth-order valence-electron chi connectivity index (χ4n) is 3.00. The van der Waals surface area contributed by atoms with Crippen molar-refractivity contribution in [2.24, 2.45) is 0 Å². The van der Waals surface area contributed by atoms with Crippen molar-refractivity contribution >= 4 is 46.9 Å². The molecule has 3 atom stereocenters. The van der Waals surface area contributed by atoms with Crippen molar-refractivity contribution < 1.29 is 58.6 Å². The van der Waals surface area contributed by atoms with E-state index in [0.717, 1.165) is 9.78 Å². The van der Waals surface area contributed by atoms with E-state index in [1.807, 2.05) is 17.5 Å². The second-order valence-corrected chi connectivity index (χ2v) is 8.61. The van der Waals surface area contributed by atoms with Crippen molar-refractivity contribution in [3.63, 3.8) is 0 Å². The second-order valence-electron chi connectivity index (χ2n) is 6.12. The van der Waals surface area contributed by atoms with Crippen LogP contribution in [0.5, 0.6) is 0 Å². The largest absolute Gasteiger partial charge is 1.00 e. The number of aliphatic carboxylic acids is 1. The number of nitrogens with one attached hydrogen (secondary N) is 1. The summed E-state index contributed by atoms with van der Waals surface area (Å²) < 4.78 is 4.92. The summed E-state index contributed by atoms with van der Waals surface area (Å²) in [5.41, 5.74) is 0.0319. The molecule has 1 saturated heterocycles. The Balaban J connectivity index is 0.00000280. The zero-order chi connectivity index (χ0) is 19.7. The Kier molecular flexibility index (Phi) is 7.74. The summed E-state index contributed by atoms with van der Waals surface area (Å²) in [6.45, 7) is 2.76. The summed E-state index contributed by atoms with van der Waals surface area (Å²) in [5.74, 6) is -2.87. The number of carbonyl (C=O) groups excluding carboxylic acids is 4. The van der Waals surface area contributed by atoms with Crippen molar-refractivity contribution in [3.8, 4) is 0 Å². The predicted octanol–water partition coefficient (Wildman–Crippen LogP) is -3.35. The topological polar surface area (TPSA) is 116 Å². The number of rotatable bonds is 6. The number of thiophene rings is 1. The normalized spacial score (nSPS) is 23.3. The minimum absolute atomic E-state index is 0. The Morgan fingerprint density at radius 2 is 2.07 bits per heavy atom. The van der Waals surface area contributed by atoms with Crippen LogP contribution in [0.2, 0.25) is 0 Å². The van der Waals surface area contributed by atoms with Crippen LogP contribution in [0.3, 0.4) is 0 Å². The molecule has 1 aromatic heterocycles. The number of nitrogens with zero attached hydrogens (tertiary/aromatic N) is 1. The van der Waals surface area contributed by atoms with Crippen molar-refractivity contribution in [2.75, 3.05) is 6.61 Å². The van der Waals surface area contributed by atoms with Gasteiger partial charge in [0.25, 0.3) is 5.91 Å². The van der Waals surface area contributed by atoms with E-state index in [1.165, 1.54) is 30.0 Å². The van der Waals surface area contributed by atoms with Crippen LogP contribution in [-0.4, -0.2) is 51.9 Å². The maximum Gasteiger partial charge on any atom is 1.00 e. The molecule has 0 aromatic carbocycles. The number of thioether (sulfide) groups is 1. The van der Waals surface area contributed by atoms with Gasteiger partial charge in [0.15, 0.2) is 0 Å². The first-order valence-corrected chi connectivity index (χ1v) is 10.00. The summed E-state index contributed by atoms with van der Waals surface area (Å²) in [6.07, 6.45) is 0.162. The summed E-state index contributed by atoms with van der Waals surface area (Å²) in [4.78, 5) is 49.4. The van der Waals surface area contributed by atoms with Crippen molar-refractivity contribution in [1.82, 2.24) is 10.2 Å². The van der Waals surface area contributed by atoms with Crippen LogP contribution in [0.1, 0.15) is 18.7 Å². The number of β-lactam (4-membered cyclic amide) rings is 1. The van der Waals surface area contributed by atoms with Gasteiger partial charge < -0.3 is 20.0 Å². The average molecular weight is 432 g/mol. The van der Waals surface area contributed by atoms with E-state index >= 15 is 0 Å². The minimum Gasteiger partial charge on any atom is -0.543 e. The SMILES string of the molecule is CC(=O)OCC1=C(C(=O)[O-])N2C(=O)C(NC(=O)Cc3cccs3)[C@@H]2S[C@@H]1C.[Na+]. The number of carbonyl (C=O) groups is 4. The van der Waals surface area contributed by atoms with Crippen LogP contribution in [0.4, 0.5) is 0 Å². The standard InChI is InChI=1S/C17H18N2O6S2.Na/c1-8-11(7-25-9(2)20)14(17(23)24)19-15(22)13(16(19)27-8)18-12(21)6-10-4-3-5-26-10;/h3-5,8,13,16H,6-7H2,1-2H3,(H,18,21)(H,23,24);/q;+1/p-1/t8-,13?,16+;/m1./s1. The zero-order valence-corrected chi connectivity index (χ0v) is 19.2. The fourth-order valence-corrected chi connectivity index (χ4v) is 5.14. The summed E-state index contributed by atoms with van der Waals surface area (Å²) >= 11 is 2.78. The van der Waals surface area contributed by atoms with E-state index in [4.69, 9.17) is 4.74 Å². The van der Waals surface area contributed by atoms with E-state index in [-0.39, 0.29) is 59.4 Å². The minimum atomic E-state index is -1.51. The first-order valence-electron chi connectivity index (χ1n) is 8.17. The first-order chi connectivity index (χ1) is 12.8. The molecule has 1 N–H and O–H groups in total. The molecule has 0 radical (unpaired) electrons. The van der Waals surface area contributed by atoms with Gasteiger partial charge in [0.2, 0.25) is 5.91 Å². The number of carboxylic acid groups (broad SMARTS) is 1. The number of fused-ring (bicyclic) bond motifs is 1. The van der Waals surface area contributed by atoms with E-state index in [9.17, 15) is 24.3 Å². The molecule has 1 aromatic rings. The number of hydrogen-bond acceptors (Lipinski definition) is 8. The number of amides is 2. The summed E-state index contributed by atoms with van der Waals surface area (Å²) in [6, 6.07) is 2.87. The Morgan fingerprint density at radius 1 is 1.36 bits per heavy atom. The summed E-state index contributed by atoms with van der Waals surface area (Å²) in [5, 5.41) is 15.3. The third-order valence-electron chi connectivity index (χ3n) is 4.28. The monoisotopic (exact) mass is 432 g/mol. The average Bonchev–Trinajstić information content (AvgIpc) is 3.10. The van der Waals surface area contributed by atoms with Crippen LogP contribution in [0.25, 0.3) is 0 Å². The maximum atomic E-state index is 12.5. The molecule has 3 heterocycles. The number of esters is 1. The van der Waals surface area contributed by atoms with Crippen molar-refractivity contribution in [1.29, 1.82) is 0 Å². The molecule has 2 aliphatic rings. The first kappa shape index (κ1) is 23.0. The third kappa shape index (κ3) is 4.62. The molecule has 11 heteroatoms. The number of ether oxygens (including phenoxy) is 1. The molecule has 0 bridgehead atoms. The van der Waals surface area contributed by atoms with Gasteiger partial charge in [0.05, 0.1) is 18.1 Å². The van der Waals surface area contributed by atoms with Crippen molar-refractivity contribution in [3.05, 3.63) is 33.7 Å². The van der Waals surface area contributed by atoms with Crippen LogP contribution in [0, 0.1) is 0 Å². The molecule has 1 unspecified atom stereocenters. The molecule has 0 spiro atoms. The molecule has 0 aliphatic carbocycles. The van der Waals surface area contributed by atoms with Crippen molar-refractivity contribution in [2.45, 2.75) is 36.9 Å². The Morgan fingerprint density at radius 3 is 2.64 bits per heavy atom. The molecular formula is C17H17N2NaO6S2. The van der Waals surface area contributed by atoms with Gasteiger partial charge in [-0.1, -0.05) is 6.07 Å². The van der Waals surface area contributed by atoms with Crippen LogP contribution < -0.4 is 40.0 Å². The van der Waals surface area contributed by atoms with Gasteiger partial charge in [0, 0.05) is 22.6 Å². The van der Waals surface area contributed by atoms with Crippen LogP contribution >= 0.6 is 23.1 Å². The smallest absolute Gasteiger partial charge is 0.543 e.